The van der Waals surface area contributed by atoms with Gasteiger partial charge in [0.05, 0.1) is 0 Å². The second-order valence-corrected chi connectivity index (χ2v) is 5.09. The van der Waals surface area contributed by atoms with Gasteiger partial charge in [0.25, 0.3) is 0 Å². The zero-order valence-corrected chi connectivity index (χ0v) is 12.7. The van der Waals surface area contributed by atoms with Crippen LogP contribution in [0.2, 0.25) is 0 Å². The van der Waals surface area contributed by atoms with Crippen LogP contribution >= 0.6 is 0 Å². The molecular weight excluding hydrogens is 258 g/mol. The van der Waals surface area contributed by atoms with Gasteiger partial charge in [-0.1, -0.05) is 39.0 Å². The summed E-state index contributed by atoms with van der Waals surface area (Å²) in [5, 5.41) is 6.38. The lowest BCUT2D eigenvalue weighted by Gasteiger charge is -2.45. The van der Waals surface area contributed by atoms with Gasteiger partial charge in [-0.15, -0.1) is 0 Å². The Balaban J connectivity index is 2.35. The molecule has 2 unspecified atom stereocenters. The van der Waals surface area contributed by atoms with Crippen LogP contribution in [-0.4, -0.2) is 37.5 Å². The van der Waals surface area contributed by atoms with E-state index in [0.29, 0.717) is 0 Å². The SMILES string of the molecule is CCCCCCCCN1C(NN)NC(OC)NC1NN. The van der Waals surface area contributed by atoms with Crippen LogP contribution < -0.4 is 33.2 Å². The predicted octanol–water partition coefficient (Wildman–Crippen LogP) is -0.734. The fourth-order valence-corrected chi connectivity index (χ4v) is 2.43. The van der Waals surface area contributed by atoms with E-state index in [1.807, 2.05) is 0 Å². The molecule has 0 spiro atoms. The average Bonchev–Trinajstić information content (AvgIpc) is 2.50. The molecule has 1 rings (SSSR count). The fraction of sp³-hybridized carbons (Fsp3) is 1.00. The number of hydrazine groups is 2. The highest BCUT2D eigenvalue weighted by Crippen LogP contribution is 2.10. The molecule has 0 aromatic heterocycles. The lowest BCUT2D eigenvalue weighted by Crippen LogP contribution is -2.77. The lowest BCUT2D eigenvalue weighted by molar-refractivity contribution is -0.0947. The Morgan fingerprint density at radius 1 is 1.00 bits per heavy atom. The molecule has 1 aliphatic rings. The van der Waals surface area contributed by atoms with Crippen molar-refractivity contribution in [1.82, 2.24) is 26.4 Å². The van der Waals surface area contributed by atoms with Crippen molar-refractivity contribution in [3.05, 3.63) is 0 Å². The van der Waals surface area contributed by atoms with Gasteiger partial charge in [0.2, 0.25) is 0 Å². The molecule has 1 fully saturated rings. The second-order valence-electron chi connectivity index (χ2n) is 5.09. The number of rotatable bonds is 10. The molecule has 0 amide bonds. The van der Waals surface area contributed by atoms with E-state index in [9.17, 15) is 0 Å². The Labute approximate surface area is 121 Å². The van der Waals surface area contributed by atoms with E-state index in [1.54, 1.807) is 7.11 Å². The first kappa shape index (κ1) is 17.7. The Kier molecular flexibility index (Phi) is 9.23. The summed E-state index contributed by atoms with van der Waals surface area (Å²) in [5.41, 5.74) is 5.49. The summed E-state index contributed by atoms with van der Waals surface area (Å²) in [6, 6.07) is 0. The minimum absolute atomic E-state index is 0.183. The molecular formula is C12H31N7O. The van der Waals surface area contributed by atoms with E-state index in [0.717, 1.165) is 13.0 Å². The minimum Gasteiger partial charge on any atom is -0.353 e. The summed E-state index contributed by atoms with van der Waals surface area (Å²) in [7, 11) is 1.62. The van der Waals surface area contributed by atoms with Crippen LogP contribution in [0.5, 0.6) is 0 Å². The highest BCUT2D eigenvalue weighted by molar-refractivity contribution is 4.78. The van der Waals surface area contributed by atoms with Gasteiger partial charge in [0.15, 0.2) is 6.35 Å². The highest BCUT2D eigenvalue weighted by Gasteiger charge is 2.33. The van der Waals surface area contributed by atoms with Gasteiger partial charge < -0.3 is 4.74 Å². The van der Waals surface area contributed by atoms with Gasteiger partial charge in [-0.25, -0.2) is 26.4 Å². The summed E-state index contributed by atoms with van der Waals surface area (Å²) in [6.45, 7) is 3.12. The van der Waals surface area contributed by atoms with E-state index in [4.69, 9.17) is 16.4 Å². The number of hydrogen-bond donors (Lipinski definition) is 6. The fourth-order valence-electron chi connectivity index (χ4n) is 2.43. The molecule has 0 radical (unpaired) electrons. The third kappa shape index (κ3) is 5.58. The molecule has 2 atom stereocenters. The third-order valence-corrected chi connectivity index (χ3v) is 3.60. The maximum Gasteiger partial charge on any atom is 0.167 e. The third-order valence-electron chi connectivity index (χ3n) is 3.60. The van der Waals surface area contributed by atoms with Crippen molar-refractivity contribution in [3.63, 3.8) is 0 Å². The molecule has 0 bridgehead atoms. The van der Waals surface area contributed by atoms with Crippen molar-refractivity contribution in [2.24, 2.45) is 11.7 Å². The number of nitrogens with zero attached hydrogens (tertiary/aromatic N) is 1. The molecule has 20 heavy (non-hydrogen) atoms. The Hall–Kier alpha value is -0.320. The van der Waals surface area contributed by atoms with E-state index < -0.39 is 0 Å². The number of methoxy groups -OCH3 is 1. The molecule has 0 saturated carbocycles. The van der Waals surface area contributed by atoms with E-state index >= 15 is 0 Å². The maximum atomic E-state index is 5.59. The van der Waals surface area contributed by atoms with Gasteiger partial charge in [-0.05, 0) is 6.42 Å². The first-order valence-corrected chi connectivity index (χ1v) is 7.49. The van der Waals surface area contributed by atoms with Crippen LogP contribution in [0.15, 0.2) is 0 Å². The summed E-state index contributed by atoms with van der Waals surface area (Å²) in [4.78, 5) is 2.11. The van der Waals surface area contributed by atoms with Crippen LogP contribution in [0.4, 0.5) is 0 Å². The molecule has 8 heteroatoms. The van der Waals surface area contributed by atoms with Gasteiger partial charge in [0.1, 0.15) is 12.6 Å². The normalized spacial score (nSPS) is 27.9. The lowest BCUT2D eigenvalue weighted by atomic mass is 10.1. The monoisotopic (exact) mass is 289 g/mol. The average molecular weight is 289 g/mol. The first-order valence-electron chi connectivity index (χ1n) is 7.49. The molecule has 0 aromatic rings. The standard InChI is InChI=1S/C12H31N7O/c1-3-4-5-6-7-8-9-19-10(17-13)15-12(20-2)16-11(19)18-14/h10-12,15-18H,3-9,13-14H2,1-2H3. The van der Waals surface area contributed by atoms with Crippen molar-refractivity contribution in [2.45, 2.75) is 64.4 Å². The summed E-state index contributed by atoms with van der Waals surface area (Å²) >= 11 is 0. The zero-order valence-electron chi connectivity index (χ0n) is 12.7. The summed E-state index contributed by atoms with van der Waals surface area (Å²) < 4.78 is 5.23. The number of ether oxygens (including phenoxy) is 1. The van der Waals surface area contributed by atoms with Crippen molar-refractivity contribution in [3.8, 4) is 0 Å². The minimum atomic E-state index is -0.294. The zero-order chi connectivity index (χ0) is 14.8. The first-order chi connectivity index (χ1) is 9.76. The number of unbranched alkanes of at least 4 members (excludes halogenated alkanes) is 5. The molecule has 1 heterocycles. The summed E-state index contributed by atoms with van der Waals surface area (Å²) in [5.74, 6) is 11.2. The molecule has 0 aromatic carbocycles. The quantitative estimate of drug-likeness (QED) is 0.177. The predicted molar refractivity (Wildman–Crippen MR) is 79.4 cm³/mol. The van der Waals surface area contributed by atoms with E-state index in [-0.39, 0.29) is 18.9 Å². The van der Waals surface area contributed by atoms with E-state index in [1.165, 1.54) is 32.1 Å². The Morgan fingerprint density at radius 2 is 1.55 bits per heavy atom. The smallest absolute Gasteiger partial charge is 0.167 e. The molecule has 8 nitrogen and oxygen atoms in total. The second kappa shape index (κ2) is 10.4. The molecule has 1 aliphatic heterocycles. The maximum absolute atomic E-state index is 5.59. The molecule has 8 N–H and O–H groups in total. The van der Waals surface area contributed by atoms with Crippen LogP contribution in [-0.2, 0) is 4.74 Å². The Bertz CT molecular complexity index is 230. The van der Waals surface area contributed by atoms with Crippen LogP contribution in [0.25, 0.3) is 0 Å². The van der Waals surface area contributed by atoms with Crippen LogP contribution in [0.1, 0.15) is 45.4 Å². The highest BCUT2D eigenvalue weighted by atomic mass is 16.5. The topological polar surface area (TPSA) is 113 Å². The van der Waals surface area contributed by atoms with E-state index in [2.05, 4.69) is 33.3 Å². The summed E-state index contributed by atoms with van der Waals surface area (Å²) in [6.07, 6.45) is 6.87. The van der Waals surface area contributed by atoms with Gasteiger partial charge in [-0.3, -0.25) is 11.7 Å². The van der Waals surface area contributed by atoms with Crippen LogP contribution in [0, 0.1) is 0 Å². The van der Waals surface area contributed by atoms with Crippen molar-refractivity contribution < 1.29 is 4.74 Å². The van der Waals surface area contributed by atoms with Crippen molar-refractivity contribution in [1.29, 1.82) is 0 Å². The Morgan fingerprint density at radius 3 is 2.05 bits per heavy atom. The molecule has 0 aliphatic carbocycles. The number of hydrogen-bond acceptors (Lipinski definition) is 8. The molecule has 120 valence electrons. The number of nitrogens with two attached hydrogens (primary N) is 2. The number of nitrogens with one attached hydrogen (secondary N) is 4. The van der Waals surface area contributed by atoms with Gasteiger partial charge >= 0.3 is 0 Å². The van der Waals surface area contributed by atoms with Crippen molar-refractivity contribution >= 4 is 0 Å². The van der Waals surface area contributed by atoms with Gasteiger partial charge in [0, 0.05) is 13.7 Å². The van der Waals surface area contributed by atoms with Gasteiger partial charge in [-0.2, -0.15) is 0 Å². The molecule has 1 saturated heterocycles. The van der Waals surface area contributed by atoms with Crippen molar-refractivity contribution in [2.75, 3.05) is 13.7 Å². The van der Waals surface area contributed by atoms with Crippen LogP contribution in [0.3, 0.4) is 0 Å². The largest absolute Gasteiger partial charge is 0.353 e.